The maximum atomic E-state index is 12.8. The van der Waals surface area contributed by atoms with Crippen LogP contribution in [0, 0.1) is 13.8 Å². The Kier molecular flexibility index (Phi) is 4.04. The van der Waals surface area contributed by atoms with Crippen LogP contribution < -0.4 is 4.72 Å². The van der Waals surface area contributed by atoms with E-state index < -0.39 is 16.0 Å². The molecule has 0 aliphatic rings. The van der Waals surface area contributed by atoms with Crippen LogP contribution in [-0.2, 0) is 17.1 Å². The second kappa shape index (κ2) is 5.93. The number of anilines is 1. The molecule has 0 fully saturated rings. The summed E-state index contributed by atoms with van der Waals surface area (Å²) in [5.74, 6) is -1.15. The summed E-state index contributed by atoms with van der Waals surface area (Å²) in [6.07, 6.45) is 1.90. The van der Waals surface area contributed by atoms with Crippen molar-refractivity contribution in [3.05, 3.63) is 59.3 Å². The molecule has 6 nitrogen and oxygen atoms in total. The summed E-state index contributed by atoms with van der Waals surface area (Å²) in [6, 6.07) is 9.97. The molecular weight excluding hydrogens is 340 g/mol. The Balaban J connectivity index is 2.05. The van der Waals surface area contributed by atoms with Crippen molar-refractivity contribution in [3.63, 3.8) is 0 Å². The third kappa shape index (κ3) is 3.10. The minimum atomic E-state index is -3.90. The number of fused-ring (bicyclic) bond motifs is 1. The lowest BCUT2D eigenvalue weighted by Crippen LogP contribution is -2.16. The smallest absolute Gasteiger partial charge is 0.335 e. The van der Waals surface area contributed by atoms with Gasteiger partial charge in [0, 0.05) is 18.8 Å². The van der Waals surface area contributed by atoms with Gasteiger partial charge in [-0.1, -0.05) is 12.1 Å². The fraction of sp³-hybridized carbons (Fsp3) is 0.167. The Morgan fingerprint density at radius 2 is 1.80 bits per heavy atom. The van der Waals surface area contributed by atoms with Crippen molar-refractivity contribution in [2.24, 2.45) is 7.05 Å². The average molecular weight is 358 g/mol. The van der Waals surface area contributed by atoms with Gasteiger partial charge >= 0.3 is 5.97 Å². The number of benzene rings is 2. The molecule has 0 saturated heterocycles. The third-order valence-corrected chi connectivity index (χ3v) is 5.71. The molecule has 0 amide bonds. The summed E-state index contributed by atoms with van der Waals surface area (Å²) >= 11 is 0. The maximum absolute atomic E-state index is 12.8. The van der Waals surface area contributed by atoms with Crippen LogP contribution in [0.1, 0.15) is 21.5 Å². The number of carboxylic acids is 1. The molecule has 25 heavy (non-hydrogen) atoms. The molecule has 2 aromatic carbocycles. The highest BCUT2D eigenvalue weighted by Crippen LogP contribution is 2.25. The lowest BCUT2D eigenvalue weighted by Gasteiger charge is -2.13. The number of nitrogens with zero attached hydrogens (tertiary/aromatic N) is 1. The molecule has 0 aliphatic heterocycles. The van der Waals surface area contributed by atoms with E-state index in [0.29, 0.717) is 16.8 Å². The van der Waals surface area contributed by atoms with Gasteiger partial charge in [0.05, 0.1) is 16.1 Å². The van der Waals surface area contributed by atoms with Gasteiger partial charge in [0.2, 0.25) is 0 Å². The van der Waals surface area contributed by atoms with E-state index in [4.69, 9.17) is 0 Å². The van der Waals surface area contributed by atoms with Crippen LogP contribution in [0.3, 0.4) is 0 Å². The first-order valence-electron chi connectivity index (χ1n) is 7.61. The molecular formula is C18H18N2O4S. The molecule has 1 heterocycles. The van der Waals surface area contributed by atoms with E-state index in [1.165, 1.54) is 6.07 Å². The number of nitrogens with one attached hydrogen (secondary N) is 1. The summed E-state index contributed by atoms with van der Waals surface area (Å²) in [4.78, 5) is 11.3. The number of carboxylic acid groups (broad SMARTS) is 1. The highest BCUT2D eigenvalue weighted by atomic mass is 32.2. The van der Waals surface area contributed by atoms with Gasteiger partial charge in [0.15, 0.2) is 0 Å². The highest BCUT2D eigenvalue weighted by molar-refractivity contribution is 7.92. The Bertz CT molecular complexity index is 1100. The third-order valence-electron chi connectivity index (χ3n) is 4.18. The zero-order chi connectivity index (χ0) is 18.4. The van der Waals surface area contributed by atoms with E-state index in [9.17, 15) is 18.3 Å². The summed E-state index contributed by atoms with van der Waals surface area (Å²) in [7, 11) is -2.03. The minimum Gasteiger partial charge on any atom is -0.478 e. The van der Waals surface area contributed by atoms with Crippen molar-refractivity contribution in [2.75, 3.05) is 4.72 Å². The minimum absolute atomic E-state index is 0.0242. The molecule has 3 rings (SSSR count). The number of rotatable bonds is 4. The van der Waals surface area contributed by atoms with Crippen molar-refractivity contribution >= 4 is 32.6 Å². The SMILES string of the molecule is Cc1cc(C)c(S(=O)(=O)Nc2ccc3ccn(C)c3c2)cc1C(=O)O. The first kappa shape index (κ1) is 17.0. The molecule has 0 aliphatic carbocycles. The van der Waals surface area contributed by atoms with Crippen LogP contribution >= 0.6 is 0 Å². The van der Waals surface area contributed by atoms with Crippen LogP contribution in [0.25, 0.3) is 10.9 Å². The number of aromatic carboxylic acids is 1. The number of hydrogen-bond acceptors (Lipinski definition) is 3. The molecule has 0 bridgehead atoms. The molecule has 130 valence electrons. The van der Waals surface area contributed by atoms with Gasteiger partial charge in [0.1, 0.15) is 0 Å². The van der Waals surface area contributed by atoms with Crippen LogP contribution in [0.5, 0.6) is 0 Å². The molecule has 0 radical (unpaired) electrons. The van der Waals surface area contributed by atoms with Crippen molar-refractivity contribution in [3.8, 4) is 0 Å². The zero-order valence-corrected chi connectivity index (χ0v) is 14.9. The van der Waals surface area contributed by atoms with Gasteiger partial charge in [0.25, 0.3) is 10.0 Å². The largest absolute Gasteiger partial charge is 0.478 e. The first-order chi connectivity index (χ1) is 11.7. The summed E-state index contributed by atoms with van der Waals surface area (Å²) < 4.78 is 29.9. The summed E-state index contributed by atoms with van der Waals surface area (Å²) in [5.41, 5.74) is 2.31. The van der Waals surface area contributed by atoms with Crippen LogP contribution in [0.15, 0.2) is 47.5 Å². The Labute approximate surface area is 145 Å². The van der Waals surface area contributed by atoms with Crippen molar-refractivity contribution in [2.45, 2.75) is 18.7 Å². The predicted molar refractivity (Wildman–Crippen MR) is 96.6 cm³/mol. The number of aromatic nitrogens is 1. The molecule has 0 spiro atoms. The maximum Gasteiger partial charge on any atom is 0.335 e. The number of sulfonamides is 1. The van der Waals surface area contributed by atoms with Crippen molar-refractivity contribution in [1.82, 2.24) is 4.57 Å². The Morgan fingerprint density at radius 1 is 1.08 bits per heavy atom. The molecule has 1 aromatic heterocycles. The number of hydrogen-bond donors (Lipinski definition) is 2. The lowest BCUT2D eigenvalue weighted by molar-refractivity contribution is 0.0696. The normalized spacial score (nSPS) is 11.6. The lowest BCUT2D eigenvalue weighted by atomic mass is 10.1. The van der Waals surface area contributed by atoms with E-state index >= 15 is 0 Å². The predicted octanol–water partition coefficient (Wildman–Crippen LogP) is 3.29. The van der Waals surface area contributed by atoms with Crippen molar-refractivity contribution in [1.29, 1.82) is 0 Å². The highest BCUT2D eigenvalue weighted by Gasteiger charge is 2.21. The van der Waals surface area contributed by atoms with Gasteiger partial charge in [-0.15, -0.1) is 0 Å². The first-order valence-corrected chi connectivity index (χ1v) is 9.10. The van der Waals surface area contributed by atoms with Gasteiger partial charge in [-0.2, -0.15) is 0 Å². The average Bonchev–Trinajstić information content (AvgIpc) is 2.87. The van der Waals surface area contributed by atoms with E-state index in [2.05, 4.69) is 4.72 Å². The summed E-state index contributed by atoms with van der Waals surface area (Å²) in [5, 5.41) is 10.2. The second-order valence-corrected chi connectivity index (χ2v) is 7.69. The Hall–Kier alpha value is -2.80. The van der Waals surface area contributed by atoms with E-state index in [0.717, 1.165) is 10.9 Å². The van der Waals surface area contributed by atoms with Crippen molar-refractivity contribution < 1.29 is 18.3 Å². The molecule has 0 unspecified atom stereocenters. The molecule has 0 saturated carbocycles. The number of carbonyl (C=O) groups is 1. The van der Waals surface area contributed by atoms with E-state index in [1.54, 1.807) is 32.0 Å². The van der Waals surface area contributed by atoms with E-state index in [-0.39, 0.29) is 10.5 Å². The van der Waals surface area contributed by atoms with Gasteiger partial charge in [-0.05, 0) is 54.6 Å². The monoisotopic (exact) mass is 358 g/mol. The van der Waals surface area contributed by atoms with Crippen LogP contribution in [0.2, 0.25) is 0 Å². The fourth-order valence-electron chi connectivity index (χ4n) is 2.89. The van der Waals surface area contributed by atoms with Gasteiger partial charge in [-0.3, -0.25) is 4.72 Å². The topological polar surface area (TPSA) is 88.4 Å². The standard InChI is InChI=1S/C18H18N2O4S/c1-11-8-12(2)17(10-15(11)18(21)22)25(23,24)19-14-5-4-13-6-7-20(3)16(13)9-14/h4-10,19H,1-3H3,(H,21,22). The quantitative estimate of drug-likeness (QED) is 0.749. The van der Waals surface area contributed by atoms with Crippen LogP contribution in [-0.4, -0.2) is 24.1 Å². The molecule has 3 aromatic rings. The molecule has 0 atom stereocenters. The Morgan fingerprint density at radius 3 is 2.48 bits per heavy atom. The fourth-order valence-corrected chi connectivity index (χ4v) is 4.19. The number of aryl methyl sites for hydroxylation is 3. The molecule has 2 N–H and O–H groups in total. The zero-order valence-electron chi connectivity index (χ0n) is 14.1. The van der Waals surface area contributed by atoms with Gasteiger partial charge in [-0.25, -0.2) is 13.2 Å². The van der Waals surface area contributed by atoms with Crippen LogP contribution in [0.4, 0.5) is 5.69 Å². The summed E-state index contributed by atoms with van der Waals surface area (Å²) in [6.45, 7) is 3.29. The molecule has 7 heteroatoms. The second-order valence-electron chi connectivity index (χ2n) is 6.04. The van der Waals surface area contributed by atoms with E-state index in [1.807, 2.05) is 29.9 Å². The van der Waals surface area contributed by atoms with Gasteiger partial charge < -0.3 is 9.67 Å².